The summed E-state index contributed by atoms with van der Waals surface area (Å²) >= 11 is 0. The summed E-state index contributed by atoms with van der Waals surface area (Å²) < 4.78 is 0. The molecule has 0 unspecified atom stereocenters. The van der Waals surface area contributed by atoms with E-state index in [1.807, 2.05) is 24.3 Å². The van der Waals surface area contributed by atoms with Crippen LogP contribution in [0.1, 0.15) is 75.8 Å². The summed E-state index contributed by atoms with van der Waals surface area (Å²) in [6.07, 6.45) is 16.4. The van der Waals surface area contributed by atoms with Crippen molar-refractivity contribution in [1.29, 1.82) is 5.26 Å². The molecule has 0 fully saturated rings. The van der Waals surface area contributed by atoms with Crippen molar-refractivity contribution in [2.75, 3.05) is 0 Å². The van der Waals surface area contributed by atoms with Gasteiger partial charge < -0.3 is 0 Å². The second-order valence-corrected chi connectivity index (χ2v) is 5.40. The van der Waals surface area contributed by atoms with Gasteiger partial charge in [-0.1, -0.05) is 76.2 Å². The van der Waals surface area contributed by atoms with E-state index in [2.05, 4.69) is 25.1 Å². The Morgan fingerprint density at radius 3 is 2.40 bits per heavy atom. The molecule has 0 aliphatic rings. The molecule has 1 aromatic rings. The van der Waals surface area contributed by atoms with Crippen molar-refractivity contribution in [1.82, 2.24) is 0 Å². The van der Waals surface area contributed by atoms with E-state index >= 15 is 0 Å². The third-order valence-electron chi connectivity index (χ3n) is 3.55. The number of nitrogens with zero attached hydrogens (tertiary/aromatic N) is 1. The van der Waals surface area contributed by atoms with Crippen molar-refractivity contribution in [3.8, 4) is 6.07 Å². The van der Waals surface area contributed by atoms with E-state index in [0.29, 0.717) is 0 Å². The first kappa shape index (κ1) is 16.5. The molecular formula is C19H27N. The van der Waals surface area contributed by atoms with Gasteiger partial charge in [0.25, 0.3) is 0 Å². The highest BCUT2D eigenvalue weighted by molar-refractivity contribution is 5.52. The quantitative estimate of drug-likeness (QED) is 0.471. The molecule has 0 N–H and O–H groups in total. The van der Waals surface area contributed by atoms with Crippen LogP contribution in [-0.2, 0) is 0 Å². The number of benzene rings is 1. The number of hydrogen-bond acceptors (Lipinski definition) is 1. The predicted molar refractivity (Wildman–Crippen MR) is 87.4 cm³/mol. The highest BCUT2D eigenvalue weighted by Crippen LogP contribution is 2.11. The standard InChI is InChI=1S/C19H27N/c1-2-3-4-5-6-7-8-9-10-11-13-18-14-12-15-19(16-18)17-20/h11-16H,2-10H2,1H3. The minimum atomic E-state index is 0.735. The van der Waals surface area contributed by atoms with Gasteiger partial charge in [-0.3, -0.25) is 0 Å². The highest BCUT2D eigenvalue weighted by Gasteiger charge is 1.92. The molecule has 0 heterocycles. The molecule has 108 valence electrons. The van der Waals surface area contributed by atoms with Gasteiger partial charge in [0.1, 0.15) is 0 Å². The number of allylic oxidation sites excluding steroid dienone is 1. The van der Waals surface area contributed by atoms with Crippen molar-refractivity contribution in [3.05, 3.63) is 41.5 Å². The van der Waals surface area contributed by atoms with Crippen LogP contribution in [0.5, 0.6) is 0 Å². The molecule has 0 aliphatic carbocycles. The Balaban J connectivity index is 2.06. The number of hydrogen-bond donors (Lipinski definition) is 0. The van der Waals surface area contributed by atoms with Crippen LogP contribution in [0.2, 0.25) is 0 Å². The predicted octanol–water partition coefficient (Wildman–Crippen LogP) is 6.10. The van der Waals surface area contributed by atoms with Gasteiger partial charge in [-0.25, -0.2) is 0 Å². The lowest BCUT2D eigenvalue weighted by atomic mass is 10.1. The van der Waals surface area contributed by atoms with Gasteiger partial charge >= 0.3 is 0 Å². The third-order valence-corrected chi connectivity index (χ3v) is 3.55. The smallest absolute Gasteiger partial charge is 0.0991 e. The molecule has 0 saturated heterocycles. The van der Waals surface area contributed by atoms with Crippen molar-refractivity contribution in [2.45, 2.75) is 64.7 Å². The van der Waals surface area contributed by atoms with Crippen LogP contribution in [-0.4, -0.2) is 0 Å². The largest absolute Gasteiger partial charge is 0.192 e. The zero-order chi connectivity index (χ0) is 14.5. The van der Waals surface area contributed by atoms with E-state index in [-0.39, 0.29) is 0 Å². The monoisotopic (exact) mass is 269 g/mol. The van der Waals surface area contributed by atoms with Crippen LogP contribution >= 0.6 is 0 Å². The Morgan fingerprint density at radius 2 is 1.70 bits per heavy atom. The summed E-state index contributed by atoms with van der Waals surface area (Å²) in [5.41, 5.74) is 1.86. The zero-order valence-electron chi connectivity index (χ0n) is 12.8. The Morgan fingerprint density at radius 1 is 1.00 bits per heavy atom. The van der Waals surface area contributed by atoms with E-state index < -0.39 is 0 Å². The first-order chi connectivity index (χ1) is 9.86. The molecule has 1 aromatic carbocycles. The van der Waals surface area contributed by atoms with Gasteiger partial charge in [0.15, 0.2) is 0 Å². The van der Waals surface area contributed by atoms with Crippen molar-refractivity contribution in [2.24, 2.45) is 0 Å². The summed E-state index contributed by atoms with van der Waals surface area (Å²) in [5, 5.41) is 8.83. The highest BCUT2D eigenvalue weighted by atomic mass is 14.2. The molecule has 1 nitrogen and oxygen atoms in total. The second kappa shape index (κ2) is 11.3. The van der Waals surface area contributed by atoms with Gasteiger partial charge in [-0.2, -0.15) is 5.26 Å². The fourth-order valence-corrected chi connectivity index (χ4v) is 2.33. The van der Waals surface area contributed by atoms with Crippen molar-refractivity contribution >= 4 is 6.08 Å². The van der Waals surface area contributed by atoms with Gasteiger partial charge in [0.05, 0.1) is 11.6 Å². The molecule has 0 radical (unpaired) electrons. The Kier molecular flexibility index (Phi) is 9.32. The maximum Gasteiger partial charge on any atom is 0.0991 e. The molecule has 0 atom stereocenters. The van der Waals surface area contributed by atoms with Gasteiger partial charge in [-0.05, 0) is 30.5 Å². The Bertz CT molecular complexity index is 426. The Hall–Kier alpha value is -1.55. The molecule has 1 heteroatoms. The van der Waals surface area contributed by atoms with E-state index in [1.54, 1.807) is 0 Å². The lowest BCUT2D eigenvalue weighted by Crippen LogP contribution is -1.80. The normalized spacial score (nSPS) is 10.8. The summed E-state index contributed by atoms with van der Waals surface area (Å²) in [6, 6.07) is 9.94. The van der Waals surface area contributed by atoms with Crippen LogP contribution in [0.15, 0.2) is 30.3 Å². The average Bonchev–Trinajstić information content (AvgIpc) is 2.49. The van der Waals surface area contributed by atoms with Gasteiger partial charge in [0.2, 0.25) is 0 Å². The lowest BCUT2D eigenvalue weighted by molar-refractivity contribution is 0.578. The van der Waals surface area contributed by atoms with Crippen LogP contribution in [0.4, 0.5) is 0 Å². The number of unbranched alkanes of at least 4 members (excludes halogenated alkanes) is 8. The molecule has 0 spiro atoms. The van der Waals surface area contributed by atoms with Crippen molar-refractivity contribution in [3.63, 3.8) is 0 Å². The summed E-state index contributed by atoms with van der Waals surface area (Å²) in [4.78, 5) is 0. The van der Waals surface area contributed by atoms with E-state index in [0.717, 1.165) is 17.5 Å². The maximum atomic E-state index is 8.83. The minimum Gasteiger partial charge on any atom is -0.192 e. The van der Waals surface area contributed by atoms with Gasteiger partial charge in [-0.15, -0.1) is 0 Å². The third kappa shape index (κ3) is 7.79. The molecule has 0 aliphatic heterocycles. The molecule has 0 saturated carbocycles. The summed E-state index contributed by atoms with van der Waals surface area (Å²) in [5.74, 6) is 0. The van der Waals surface area contributed by atoms with Gasteiger partial charge in [0, 0.05) is 0 Å². The van der Waals surface area contributed by atoms with Crippen LogP contribution in [0, 0.1) is 11.3 Å². The first-order valence-corrected chi connectivity index (χ1v) is 8.03. The Labute approximate surface area is 124 Å². The van der Waals surface area contributed by atoms with E-state index in [4.69, 9.17) is 5.26 Å². The molecule has 1 rings (SSSR count). The number of nitriles is 1. The van der Waals surface area contributed by atoms with E-state index in [9.17, 15) is 0 Å². The fraction of sp³-hybridized carbons (Fsp3) is 0.526. The maximum absolute atomic E-state index is 8.83. The van der Waals surface area contributed by atoms with Crippen LogP contribution in [0.3, 0.4) is 0 Å². The number of rotatable bonds is 10. The molecular weight excluding hydrogens is 242 g/mol. The van der Waals surface area contributed by atoms with Crippen LogP contribution < -0.4 is 0 Å². The van der Waals surface area contributed by atoms with Crippen molar-refractivity contribution < 1.29 is 0 Å². The molecule has 0 bridgehead atoms. The molecule has 0 aromatic heterocycles. The van der Waals surface area contributed by atoms with E-state index in [1.165, 1.54) is 51.4 Å². The topological polar surface area (TPSA) is 23.8 Å². The average molecular weight is 269 g/mol. The minimum absolute atomic E-state index is 0.735. The summed E-state index contributed by atoms with van der Waals surface area (Å²) in [7, 11) is 0. The lowest BCUT2D eigenvalue weighted by Gasteiger charge is -2.00. The molecule has 0 amide bonds. The first-order valence-electron chi connectivity index (χ1n) is 8.03. The second-order valence-electron chi connectivity index (χ2n) is 5.40. The zero-order valence-corrected chi connectivity index (χ0v) is 12.8. The summed E-state index contributed by atoms with van der Waals surface area (Å²) in [6.45, 7) is 2.26. The molecule has 20 heavy (non-hydrogen) atoms. The SMILES string of the molecule is CCCCCCCCCCC=Cc1cccc(C#N)c1. The fourth-order valence-electron chi connectivity index (χ4n) is 2.33. The van der Waals surface area contributed by atoms with Crippen LogP contribution in [0.25, 0.3) is 6.08 Å².